The van der Waals surface area contributed by atoms with Gasteiger partial charge in [-0.2, -0.15) is 5.10 Å². The molecule has 1 fully saturated rings. The number of aryl methyl sites for hydroxylation is 2. The highest BCUT2D eigenvalue weighted by Gasteiger charge is 2.14. The van der Waals surface area contributed by atoms with Crippen molar-refractivity contribution in [1.29, 1.82) is 0 Å². The van der Waals surface area contributed by atoms with Gasteiger partial charge in [-0.25, -0.2) is 0 Å². The summed E-state index contributed by atoms with van der Waals surface area (Å²) in [5, 5.41) is 7.22. The molecule has 100 valence electrons. The lowest BCUT2D eigenvalue weighted by atomic mass is 10.0. The van der Waals surface area contributed by atoms with Gasteiger partial charge in [0.05, 0.1) is 12.3 Å². The second kappa shape index (κ2) is 6.54. The standard InChI is InChI=1S/C13H21N3O2/c1-11-4-6-16(15-11)7-5-13(17)14-9-12-3-2-8-18-10-12/h4,6,12H,2-3,5,7-10H2,1H3,(H,14,17). The van der Waals surface area contributed by atoms with Gasteiger partial charge in [0.25, 0.3) is 0 Å². The number of hydrogen-bond donors (Lipinski definition) is 1. The molecule has 0 aromatic carbocycles. The summed E-state index contributed by atoms with van der Waals surface area (Å²) < 4.78 is 7.19. The Labute approximate surface area is 108 Å². The molecule has 1 aliphatic rings. The van der Waals surface area contributed by atoms with Crippen molar-refractivity contribution >= 4 is 5.91 Å². The lowest BCUT2D eigenvalue weighted by Gasteiger charge is -2.22. The average molecular weight is 251 g/mol. The van der Waals surface area contributed by atoms with Crippen molar-refractivity contribution < 1.29 is 9.53 Å². The monoisotopic (exact) mass is 251 g/mol. The second-order valence-corrected chi connectivity index (χ2v) is 4.86. The minimum atomic E-state index is 0.0914. The summed E-state index contributed by atoms with van der Waals surface area (Å²) >= 11 is 0. The molecule has 0 spiro atoms. The van der Waals surface area contributed by atoms with Gasteiger partial charge in [-0.15, -0.1) is 0 Å². The van der Waals surface area contributed by atoms with E-state index in [0.29, 0.717) is 18.9 Å². The summed E-state index contributed by atoms with van der Waals surface area (Å²) in [6, 6.07) is 1.94. The van der Waals surface area contributed by atoms with E-state index in [4.69, 9.17) is 4.74 Å². The van der Waals surface area contributed by atoms with E-state index in [1.165, 1.54) is 0 Å². The Bertz CT molecular complexity index is 383. The summed E-state index contributed by atoms with van der Waals surface area (Å²) in [5.41, 5.74) is 0.981. The van der Waals surface area contributed by atoms with Crippen LogP contribution in [0, 0.1) is 12.8 Å². The zero-order valence-corrected chi connectivity index (χ0v) is 10.9. The molecule has 0 radical (unpaired) electrons. The Morgan fingerprint density at radius 1 is 1.67 bits per heavy atom. The first-order valence-electron chi connectivity index (χ1n) is 6.58. The van der Waals surface area contributed by atoms with E-state index in [1.54, 1.807) is 4.68 Å². The number of nitrogens with zero attached hydrogens (tertiary/aromatic N) is 2. The van der Waals surface area contributed by atoms with E-state index in [2.05, 4.69) is 10.4 Å². The van der Waals surface area contributed by atoms with E-state index in [1.807, 2.05) is 19.2 Å². The summed E-state index contributed by atoms with van der Waals surface area (Å²) in [4.78, 5) is 11.7. The van der Waals surface area contributed by atoms with E-state index >= 15 is 0 Å². The Morgan fingerprint density at radius 3 is 3.22 bits per heavy atom. The molecule has 1 aromatic heterocycles. The maximum absolute atomic E-state index is 11.7. The van der Waals surface area contributed by atoms with Gasteiger partial charge >= 0.3 is 0 Å². The number of ether oxygens (including phenoxy) is 1. The van der Waals surface area contributed by atoms with Crippen molar-refractivity contribution in [2.75, 3.05) is 19.8 Å². The van der Waals surface area contributed by atoms with Crippen LogP contribution in [0.1, 0.15) is 25.0 Å². The average Bonchev–Trinajstić information content (AvgIpc) is 2.81. The molecule has 2 heterocycles. The van der Waals surface area contributed by atoms with Gasteiger partial charge in [-0.1, -0.05) is 0 Å². The van der Waals surface area contributed by atoms with Gasteiger partial charge in [-0.05, 0) is 31.7 Å². The zero-order valence-electron chi connectivity index (χ0n) is 10.9. The molecule has 1 atom stereocenters. The first kappa shape index (κ1) is 13.1. The van der Waals surface area contributed by atoms with Crippen LogP contribution in [0.4, 0.5) is 0 Å². The molecule has 1 N–H and O–H groups in total. The van der Waals surface area contributed by atoms with E-state index in [9.17, 15) is 4.79 Å². The molecule has 0 bridgehead atoms. The van der Waals surface area contributed by atoms with Crippen molar-refractivity contribution in [3.63, 3.8) is 0 Å². The third-order valence-electron chi connectivity index (χ3n) is 3.18. The molecule has 1 unspecified atom stereocenters. The number of hydrogen-bond acceptors (Lipinski definition) is 3. The number of aromatic nitrogens is 2. The van der Waals surface area contributed by atoms with Crippen LogP contribution in [0.25, 0.3) is 0 Å². The molecule has 5 heteroatoms. The summed E-state index contributed by atoms with van der Waals surface area (Å²) in [6.07, 6.45) is 4.64. The lowest BCUT2D eigenvalue weighted by Crippen LogP contribution is -2.33. The van der Waals surface area contributed by atoms with Gasteiger partial charge in [0.1, 0.15) is 0 Å². The summed E-state index contributed by atoms with van der Waals surface area (Å²) in [5.74, 6) is 0.573. The van der Waals surface area contributed by atoms with E-state index < -0.39 is 0 Å². The zero-order chi connectivity index (χ0) is 12.8. The van der Waals surface area contributed by atoms with Crippen LogP contribution in [-0.4, -0.2) is 35.4 Å². The highest BCUT2D eigenvalue weighted by atomic mass is 16.5. The fourth-order valence-electron chi connectivity index (χ4n) is 2.12. The molecule has 5 nitrogen and oxygen atoms in total. The summed E-state index contributed by atoms with van der Waals surface area (Å²) in [7, 11) is 0. The third-order valence-corrected chi connectivity index (χ3v) is 3.18. The third kappa shape index (κ3) is 4.14. The smallest absolute Gasteiger partial charge is 0.221 e. The second-order valence-electron chi connectivity index (χ2n) is 4.86. The fourth-order valence-corrected chi connectivity index (χ4v) is 2.12. The first-order valence-corrected chi connectivity index (χ1v) is 6.58. The van der Waals surface area contributed by atoms with Gasteiger partial charge < -0.3 is 10.1 Å². The topological polar surface area (TPSA) is 56.2 Å². The van der Waals surface area contributed by atoms with Crippen LogP contribution >= 0.6 is 0 Å². The molecule has 18 heavy (non-hydrogen) atoms. The van der Waals surface area contributed by atoms with Crippen LogP contribution < -0.4 is 5.32 Å². The Morgan fingerprint density at radius 2 is 2.56 bits per heavy atom. The number of carbonyl (C=O) groups excluding carboxylic acids is 1. The number of carbonyl (C=O) groups is 1. The number of amides is 1. The Balaban J connectivity index is 1.62. The SMILES string of the molecule is Cc1ccn(CCC(=O)NCC2CCCOC2)n1. The molecule has 1 aromatic rings. The van der Waals surface area contributed by atoms with Gasteiger partial charge in [0.2, 0.25) is 5.91 Å². The molecule has 0 aliphatic carbocycles. The van der Waals surface area contributed by atoms with Crippen LogP contribution in [-0.2, 0) is 16.1 Å². The van der Waals surface area contributed by atoms with Gasteiger partial charge in [0.15, 0.2) is 0 Å². The fraction of sp³-hybridized carbons (Fsp3) is 0.692. The summed E-state index contributed by atoms with van der Waals surface area (Å²) in [6.45, 7) is 4.96. The van der Waals surface area contributed by atoms with Crippen molar-refractivity contribution in [2.24, 2.45) is 5.92 Å². The van der Waals surface area contributed by atoms with Crippen molar-refractivity contribution in [3.05, 3.63) is 18.0 Å². The number of rotatable bonds is 5. The molecule has 0 saturated carbocycles. The molecule has 1 aliphatic heterocycles. The minimum absolute atomic E-state index is 0.0914. The predicted molar refractivity (Wildman–Crippen MR) is 68.1 cm³/mol. The highest BCUT2D eigenvalue weighted by Crippen LogP contribution is 2.12. The van der Waals surface area contributed by atoms with Crippen LogP contribution in [0.15, 0.2) is 12.3 Å². The van der Waals surface area contributed by atoms with Crippen LogP contribution in [0.5, 0.6) is 0 Å². The van der Waals surface area contributed by atoms with E-state index in [0.717, 1.165) is 38.3 Å². The quantitative estimate of drug-likeness (QED) is 0.853. The van der Waals surface area contributed by atoms with Crippen molar-refractivity contribution in [3.8, 4) is 0 Å². The van der Waals surface area contributed by atoms with Crippen molar-refractivity contribution in [1.82, 2.24) is 15.1 Å². The largest absolute Gasteiger partial charge is 0.381 e. The lowest BCUT2D eigenvalue weighted by molar-refractivity contribution is -0.121. The van der Waals surface area contributed by atoms with E-state index in [-0.39, 0.29) is 5.91 Å². The van der Waals surface area contributed by atoms with Gasteiger partial charge in [0, 0.05) is 32.3 Å². The maximum Gasteiger partial charge on any atom is 0.221 e. The van der Waals surface area contributed by atoms with Crippen LogP contribution in [0.3, 0.4) is 0 Å². The molecular weight excluding hydrogens is 230 g/mol. The molecule has 1 saturated heterocycles. The van der Waals surface area contributed by atoms with Crippen molar-refractivity contribution in [2.45, 2.75) is 32.7 Å². The Kier molecular flexibility index (Phi) is 4.75. The maximum atomic E-state index is 11.7. The number of nitrogens with one attached hydrogen (secondary N) is 1. The minimum Gasteiger partial charge on any atom is -0.381 e. The molecular formula is C13H21N3O2. The predicted octanol–water partition coefficient (Wildman–Crippen LogP) is 1.12. The normalized spacial score (nSPS) is 19.7. The molecule has 2 rings (SSSR count). The first-order chi connectivity index (χ1) is 8.74. The highest BCUT2D eigenvalue weighted by molar-refractivity contribution is 5.75. The van der Waals surface area contributed by atoms with Crippen LogP contribution in [0.2, 0.25) is 0 Å². The Hall–Kier alpha value is -1.36. The van der Waals surface area contributed by atoms with Gasteiger partial charge in [-0.3, -0.25) is 9.48 Å². The molecule has 1 amide bonds.